The molecule has 106 valence electrons. The average molecular weight is 263 g/mol. The molecule has 1 aliphatic rings. The number of phenols is 1. The van der Waals surface area contributed by atoms with Gasteiger partial charge < -0.3 is 10.0 Å². The maximum absolute atomic E-state index is 9.80. The number of nitrogens with zero attached hydrogens (tertiary/aromatic N) is 3. The van der Waals surface area contributed by atoms with Crippen LogP contribution >= 0.6 is 0 Å². The maximum Gasteiger partial charge on any atom is 0.120 e. The van der Waals surface area contributed by atoms with Crippen LogP contribution in [0, 0.1) is 0 Å². The third-order valence-corrected chi connectivity index (χ3v) is 3.71. The Morgan fingerprint density at radius 2 is 1.68 bits per heavy atom. The van der Waals surface area contributed by atoms with Crippen molar-refractivity contribution in [3.8, 4) is 5.75 Å². The summed E-state index contributed by atoms with van der Waals surface area (Å²) in [5.74, 6) is 0.414. The molecule has 0 spiro atoms. The van der Waals surface area contributed by atoms with Crippen LogP contribution in [0.25, 0.3) is 0 Å². The van der Waals surface area contributed by atoms with Gasteiger partial charge in [0.05, 0.1) is 0 Å². The molecule has 19 heavy (non-hydrogen) atoms. The number of likely N-dealkylation sites (N-methyl/N-ethyl adjacent to an activating group) is 1. The zero-order valence-corrected chi connectivity index (χ0v) is 12.0. The number of hydrogen-bond acceptors (Lipinski definition) is 4. The summed E-state index contributed by atoms with van der Waals surface area (Å²) in [4.78, 5) is 7.16. The average Bonchev–Trinajstić information content (AvgIpc) is 2.40. The fourth-order valence-corrected chi connectivity index (χ4v) is 2.40. The number of benzene rings is 1. The molecule has 0 radical (unpaired) electrons. The molecule has 1 aromatic carbocycles. The molecule has 4 nitrogen and oxygen atoms in total. The van der Waals surface area contributed by atoms with Crippen molar-refractivity contribution in [1.82, 2.24) is 14.7 Å². The lowest BCUT2D eigenvalue weighted by molar-refractivity contribution is 0.120. The molecule has 1 aromatic rings. The van der Waals surface area contributed by atoms with Gasteiger partial charge in [0, 0.05) is 51.4 Å². The Balaban J connectivity index is 1.76. The molecule has 0 atom stereocenters. The van der Waals surface area contributed by atoms with Crippen molar-refractivity contribution in [3.63, 3.8) is 0 Å². The lowest BCUT2D eigenvalue weighted by Gasteiger charge is -2.35. The summed E-state index contributed by atoms with van der Waals surface area (Å²) < 4.78 is 0. The van der Waals surface area contributed by atoms with Crippen LogP contribution in [0.3, 0.4) is 0 Å². The molecule has 0 saturated carbocycles. The van der Waals surface area contributed by atoms with Gasteiger partial charge in [0.1, 0.15) is 5.75 Å². The Morgan fingerprint density at radius 3 is 2.32 bits per heavy atom. The second-order valence-corrected chi connectivity index (χ2v) is 5.55. The van der Waals surface area contributed by atoms with Gasteiger partial charge in [-0.15, -0.1) is 0 Å². The highest BCUT2D eigenvalue weighted by atomic mass is 16.3. The second kappa shape index (κ2) is 6.89. The normalized spacial score (nSPS) is 18.1. The fraction of sp³-hybridized carbons (Fsp3) is 0.600. The first-order valence-electron chi connectivity index (χ1n) is 7.01. The van der Waals surface area contributed by atoms with Gasteiger partial charge in [-0.2, -0.15) is 0 Å². The van der Waals surface area contributed by atoms with Gasteiger partial charge in [-0.25, -0.2) is 0 Å². The zero-order valence-electron chi connectivity index (χ0n) is 12.0. The Morgan fingerprint density at radius 1 is 1.05 bits per heavy atom. The molecule has 0 unspecified atom stereocenters. The van der Waals surface area contributed by atoms with Gasteiger partial charge in [0.2, 0.25) is 0 Å². The van der Waals surface area contributed by atoms with Gasteiger partial charge in [0.15, 0.2) is 0 Å². The van der Waals surface area contributed by atoms with Crippen molar-refractivity contribution in [2.45, 2.75) is 6.54 Å². The highest BCUT2D eigenvalue weighted by Gasteiger charge is 2.17. The van der Waals surface area contributed by atoms with Crippen LogP contribution in [0.2, 0.25) is 0 Å². The van der Waals surface area contributed by atoms with Gasteiger partial charge in [-0.3, -0.25) is 9.80 Å². The Labute approximate surface area is 116 Å². The molecule has 4 heteroatoms. The van der Waals surface area contributed by atoms with Crippen molar-refractivity contribution in [2.75, 3.05) is 53.4 Å². The number of rotatable bonds is 5. The number of piperazine rings is 1. The minimum absolute atomic E-state index is 0.414. The topological polar surface area (TPSA) is 30.0 Å². The van der Waals surface area contributed by atoms with Crippen LogP contribution in [0.5, 0.6) is 5.75 Å². The summed E-state index contributed by atoms with van der Waals surface area (Å²) >= 11 is 0. The predicted molar refractivity (Wildman–Crippen MR) is 78.4 cm³/mol. The van der Waals surface area contributed by atoms with Gasteiger partial charge >= 0.3 is 0 Å². The Kier molecular flexibility index (Phi) is 5.19. The molecule has 0 aliphatic carbocycles. The van der Waals surface area contributed by atoms with E-state index in [-0.39, 0.29) is 0 Å². The Bertz CT molecular complexity index is 387. The zero-order chi connectivity index (χ0) is 13.7. The van der Waals surface area contributed by atoms with E-state index in [2.05, 4.69) is 28.8 Å². The van der Waals surface area contributed by atoms with Crippen LogP contribution in [-0.4, -0.2) is 73.2 Å². The monoisotopic (exact) mass is 263 g/mol. The predicted octanol–water partition coefficient (Wildman–Crippen LogP) is 1.07. The third-order valence-electron chi connectivity index (χ3n) is 3.71. The molecule has 0 aromatic heterocycles. The van der Waals surface area contributed by atoms with E-state index in [4.69, 9.17) is 0 Å². The first kappa shape index (κ1) is 14.3. The summed E-state index contributed by atoms with van der Waals surface area (Å²) in [6.45, 7) is 7.55. The van der Waals surface area contributed by atoms with E-state index in [0.717, 1.165) is 51.4 Å². The van der Waals surface area contributed by atoms with Crippen LogP contribution < -0.4 is 0 Å². The molecule has 1 fully saturated rings. The van der Waals surface area contributed by atoms with Crippen LogP contribution in [0.4, 0.5) is 0 Å². The molecule has 2 rings (SSSR count). The molecule has 0 amide bonds. The molecule has 1 saturated heterocycles. The first-order valence-corrected chi connectivity index (χ1v) is 7.01. The molecular weight excluding hydrogens is 238 g/mol. The van der Waals surface area contributed by atoms with Gasteiger partial charge in [0.25, 0.3) is 0 Å². The summed E-state index contributed by atoms with van der Waals surface area (Å²) in [5, 5.41) is 9.80. The molecule has 1 aliphatic heterocycles. The minimum Gasteiger partial charge on any atom is -0.508 e. The fourth-order valence-electron chi connectivity index (χ4n) is 2.40. The van der Waals surface area contributed by atoms with Crippen LogP contribution in [0.15, 0.2) is 24.3 Å². The van der Waals surface area contributed by atoms with E-state index in [1.807, 2.05) is 18.2 Å². The van der Waals surface area contributed by atoms with Gasteiger partial charge in [-0.1, -0.05) is 18.2 Å². The van der Waals surface area contributed by atoms with E-state index in [1.165, 1.54) is 0 Å². The number of para-hydroxylation sites is 1. The highest BCUT2D eigenvalue weighted by molar-refractivity contribution is 5.31. The van der Waals surface area contributed by atoms with E-state index < -0.39 is 0 Å². The molecular formula is C15H25N3O. The molecule has 0 bridgehead atoms. The third kappa shape index (κ3) is 4.49. The SMILES string of the molecule is CN(C)CCN1CCN(Cc2ccccc2O)CC1. The van der Waals surface area contributed by atoms with E-state index >= 15 is 0 Å². The second-order valence-electron chi connectivity index (χ2n) is 5.55. The maximum atomic E-state index is 9.80. The summed E-state index contributed by atoms with van der Waals surface area (Å²) in [6.07, 6.45) is 0. The largest absolute Gasteiger partial charge is 0.508 e. The number of phenolic OH excluding ortho intramolecular Hbond substituents is 1. The van der Waals surface area contributed by atoms with Gasteiger partial charge in [-0.05, 0) is 20.2 Å². The lowest BCUT2D eigenvalue weighted by Crippen LogP contribution is -2.47. The van der Waals surface area contributed by atoms with Crippen molar-refractivity contribution < 1.29 is 5.11 Å². The summed E-state index contributed by atoms with van der Waals surface area (Å²) in [5.41, 5.74) is 1.03. The molecule has 1 heterocycles. The first-order chi connectivity index (χ1) is 9.15. The van der Waals surface area contributed by atoms with Crippen LogP contribution in [0.1, 0.15) is 5.56 Å². The molecule has 1 N–H and O–H groups in total. The van der Waals surface area contributed by atoms with E-state index in [9.17, 15) is 5.11 Å². The minimum atomic E-state index is 0.414. The number of aromatic hydroxyl groups is 1. The summed E-state index contributed by atoms with van der Waals surface area (Å²) in [6, 6.07) is 7.64. The van der Waals surface area contributed by atoms with Crippen molar-refractivity contribution in [2.24, 2.45) is 0 Å². The number of hydrogen-bond donors (Lipinski definition) is 1. The van der Waals surface area contributed by atoms with Crippen molar-refractivity contribution in [3.05, 3.63) is 29.8 Å². The standard InChI is InChI=1S/C15H25N3O/c1-16(2)7-8-17-9-11-18(12-10-17)13-14-5-3-4-6-15(14)19/h3-6,19H,7-13H2,1-2H3. The van der Waals surface area contributed by atoms with Crippen LogP contribution in [-0.2, 0) is 6.54 Å². The van der Waals surface area contributed by atoms with E-state index in [0.29, 0.717) is 5.75 Å². The van der Waals surface area contributed by atoms with Crippen molar-refractivity contribution >= 4 is 0 Å². The quantitative estimate of drug-likeness (QED) is 0.861. The smallest absolute Gasteiger partial charge is 0.120 e. The lowest BCUT2D eigenvalue weighted by atomic mass is 10.1. The Hall–Kier alpha value is -1.10. The van der Waals surface area contributed by atoms with E-state index in [1.54, 1.807) is 6.07 Å². The highest BCUT2D eigenvalue weighted by Crippen LogP contribution is 2.18. The summed E-state index contributed by atoms with van der Waals surface area (Å²) in [7, 11) is 4.24. The van der Waals surface area contributed by atoms with Crippen molar-refractivity contribution in [1.29, 1.82) is 0 Å².